The highest BCUT2D eigenvalue weighted by atomic mass is 16.1. The minimum Gasteiger partial charge on any atom is -0.352 e. The van der Waals surface area contributed by atoms with Crippen LogP contribution in [0.2, 0.25) is 0 Å². The predicted molar refractivity (Wildman–Crippen MR) is 102 cm³/mol. The van der Waals surface area contributed by atoms with Crippen LogP contribution in [0, 0.1) is 5.92 Å². The highest BCUT2D eigenvalue weighted by Gasteiger charge is 2.20. The fourth-order valence-electron chi connectivity index (χ4n) is 3.98. The van der Waals surface area contributed by atoms with Gasteiger partial charge in [-0.3, -0.25) is 9.69 Å². The Balaban J connectivity index is 1.42. The third-order valence-corrected chi connectivity index (χ3v) is 5.78. The Labute approximate surface area is 152 Å². The van der Waals surface area contributed by atoms with E-state index in [1.165, 1.54) is 43.5 Å². The van der Waals surface area contributed by atoms with Crippen molar-refractivity contribution in [2.45, 2.75) is 52.1 Å². The average Bonchev–Trinajstić information content (AvgIpc) is 2.68. The number of benzene rings is 1. The molecule has 1 aliphatic heterocycles. The van der Waals surface area contributed by atoms with Gasteiger partial charge in [0.1, 0.15) is 0 Å². The van der Waals surface area contributed by atoms with Crippen LogP contribution in [0.5, 0.6) is 0 Å². The molecule has 0 spiro atoms. The Morgan fingerprint density at radius 3 is 2.20 bits per heavy atom. The van der Waals surface area contributed by atoms with Crippen molar-refractivity contribution in [1.82, 2.24) is 15.1 Å². The lowest BCUT2D eigenvalue weighted by molar-refractivity contribution is -0.126. The van der Waals surface area contributed by atoms with Crippen molar-refractivity contribution in [1.29, 1.82) is 0 Å². The van der Waals surface area contributed by atoms with E-state index in [0.29, 0.717) is 6.54 Å². The minimum atomic E-state index is 0.245. The zero-order valence-electron chi connectivity index (χ0n) is 15.7. The largest absolute Gasteiger partial charge is 0.352 e. The van der Waals surface area contributed by atoms with Crippen LogP contribution in [0.15, 0.2) is 24.3 Å². The van der Waals surface area contributed by atoms with E-state index in [4.69, 9.17) is 0 Å². The van der Waals surface area contributed by atoms with Gasteiger partial charge in [-0.2, -0.15) is 0 Å². The summed E-state index contributed by atoms with van der Waals surface area (Å²) < 4.78 is 0. The monoisotopic (exact) mass is 343 g/mol. The third kappa shape index (κ3) is 5.55. The molecule has 3 rings (SSSR count). The fourth-order valence-corrected chi connectivity index (χ4v) is 3.98. The van der Waals surface area contributed by atoms with E-state index in [2.05, 4.69) is 46.3 Å². The molecule has 1 saturated carbocycles. The van der Waals surface area contributed by atoms with Gasteiger partial charge in [-0.25, -0.2) is 0 Å². The van der Waals surface area contributed by atoms with E-state index in [0.717, 1.165) is 39.0 Å². The summed E-state index contributed by atoms with van der Waals surface area (Å²) in [6.07, 6.45) is 5.84. The molecular formula is C21H33N3O. The van der Waals surface area contributed by atoms with Crippen LogP contribution in [-0.2, 0) is 17.9 Å². The van der Waals surface area contributed by atoms with Gasteiger partial charge in [-0.15, -0.1) is 0 Å². The maximum Gasteiger partial charge on any atom is 0.223 e. The standard InChI is InChI=1S/C21H33N3O/c1-2-23-12-14-24(15-13-23)17-19-10-8-18(9-11-19)16-22-21(25)20-6-4-3-5-7-20/h8-11,20H,2-7,12-17H2,1H3,(H,22,25). The molecule has 0 bridgehead atoms. The van der Waals surface area contributed by atoms with Crippen LogP contribution < -0.4 is 5.32 Å². The molecular weight excluding hydrogens is 310 g/mol. The molecule has 25 heavy (non-hydrogen) atoms. The van der Waals surface area contributed by atoms with E-state index in [1.54, 1.807) is 0 Å². The Kier molecular flexibility index (Phi) is 6.88. The number of likely N-dealkylation sites (N-methyl/N-ethyl adjacent to an activating group) is 1. The van der Waals surface area contributed by atoms with Crippen LogP contribution in [0.25, 0.3) is 0 Å². The zero-order chi connectivity index (χ0) is 17.5. The number of piperazine rings is 1. The molecule has 1 amide bonds. The van der Waals surface area contributed by atoms with E-state index >= 15 is 0 Å². The first-order valence-corrected chi connectivity index (χ1v) is 10.0. The number of amides is 1. The molecule has 0 atom stereocenters. The van der Waals surface area contributed by atoms with E-state index in [-0.39, 0.29) is 11.8 Å². The SMILES string of the molecule is CCN1CCN(Cc2ccc(CNC(=O)C3CCCCC3)cc2)CC1. The molecule has 1 N–H and O–H groups in total. The Bertz CT molecular complexity index is 529. The van der Waals surface area contributed by atoms with Crippen LogP contribution in [0.4, 0.5) is 0 Å². The molecule has 138 valence electrons. The Morgan fingerprint density at radius 1 is 0.960 bits per heavy atom. The van der Waals surface area contributed by atoms with Gasteiger partial charge in [-0.05, 0) is 30.5 Å². The number of nitrogens with zero attached hydrogens (tertiary/aromatic N) is 2. The molecule has 1 aliphatic carbocycles. The second kappa shape index (κ2) is 9.35. The topological polar surface area (TPSA) is 35.6 Å². The van der Waals surface area contributed by atoms with Crippen molar-refractivity contribution < 1.29 is 4.79 Å². The lowest BCUT2D eigenvalue weighted by atomic mass is 9.88. The number of rotatable bonds is 6. The van der Waals surface area contributed by atoms with Crippen LogP contribution >= 0.6 is 0 Å². The molecule has 1 heterocycles. The molecule has 2 fully saturated rings. The normalized spacial score (nSPS) is 20.5. The van der Waals surface area contributed by atoms with E-state index < -0.39 is 0 Å². The average molecular weight is 344 g/mol. The van der Waals surface area contributed by atoms with Crippen LogP contribution in [-0.4, -0.2) is 48.4 Å². The molecule has 1 saturated heterocycles. The maximum atomic E-state index is 12.2. The lowest BCUT2D eigenvalue weighted by Gasteiger charge is -2.34. The van der Waals surface area contributed by atoms with E-state index in [9.17, 15) is 4.79 Å². The number of nitrogens with one attached hydrogen (secondary N) is 1. The summed E-state index contributed by atoms with van der Waals surface area (Å²) in [5.41, 5.74) is 2.57. The smallest absolute Gasteiger partial charge is 0.223 e. The first-order valence-electron chi connectivity index (χ1n) is 10.0. The predicted octanol–water partition coefficient (Wildman–Crippen LogP) is 3.02. The van der Waals surface area contributed by atoms with Crippen molar-refractivity contribution in [3.63, 3.8) is 0 Å². The molecule has 0 aromatic heterocycles. The summed E-state index contributed by atoms with van der Waals surface area (Å²) in [6, 6.07) is 8.76. The first kappa shape index (κ1) is 18.4. The van der Waals surface area contributed by atoms with Gasteiger partial charge in [0.05, 0.1) is 0 Å². The third-order valence-electron chi connectivity index (χ3n) is 5.78. The summed E-state index contributed by atoms with van der Waals surface area (Å²) in [4.78, 5) is 17.3. The summed E-state index contributed by atoms with van der Waals surface area (Å²) >= 11 is 0. The second-order valence-corrected chi connectivity index (χ2v) is 7.58. The molecule has 0 radical (unpaired) electrons. The first-order chi connectivity index (χ1) is 12.2. The van der Waals surface area contributed by atoms with Gasteiger partial charge in [0.2, 0.25) is 5.91 Å². The molecule has 4 nitrogen and oxygen atoms in total. The van der Waals surface area contributed by atoms with Crippen molar-refractivity contribution >= 4 is 5.91 Å². The van der Waals surface area contributed by atoms with Gasteiger partial charge in [0, 0.05) is 45.2 Å². The number of hydrogen-bond acceptors (Lipinski definition) is 3. The van der Waals surface area contributed by atoms with Crippen molar-refractivity contribution in [3.8, 4) is 0 Å². The summed E-state index contributed by atoms with van der Waals surface area (Å²) in [5, 5.41) is 3.13. The Morgan fingerprint density at radius 2 is 1.56 bits per heavy atom. The maximum absolute atomic E-state index is 12.2. The molecule has 1 aromatic carbocycles. The number of carbonyl (C=O) groups excluding carboxylic acids is 1. The van der Waals surface area contributed by atoms with Crippen LogP contribution in [0.3, 0.4) is 0 Å². The number of hydrogen-bond donors (Lipinski definition) is 1. The summed E-state index contributed by atoms with van der Waals surface area (Å²) in [6.45, 7) is 9.78. The van der Waals surface area contributed by atoms with Gasteiger partial charge in [0.15, 0.2) is 0 Å². The van der Waals surface area contributed by atoms with Crippen molar-refractivity contribution in [2.24, 2.45) is 5.92 Å². The van der Waals surface area contributed by atoms with Gasteiger partial charge in [-0.1, -0.05) is 50.5 Å². The minimum absolute atomic E-state index is 0.245. The molecule has 1 aromatic rings. The summed E-state index contributed by atoms with van der Waals surface area (Å²) in [7, 11) is 0. The van der Waals surface area contributed by atoms with E-state index in [1.807, 2.05) is 0 Å². The van der Waals surface area contributed by atoms with Crippen molar-refractivity contribution in [2.75, 3.05) is 32.7 Å². The van der Waals surface area contributed by atoms with Gasteiger partial charge in [0.25, 0.3) is 0 Å². The van der Waals surface area contributed by atoms with Gasteiger partial charge >= 0.3 is 0 Å². The molecule has 0 unspecified atom stereocenters. The Hall–Kier alpha value is -1.39. The second-order valence-electron chi connectivity index (χ2n) is 7.58. The van der Waals surface area contributed by atoms with Gasteiger partial charge < -0.3 is 10.2 Å². The molecule has 4 heteroatoms. The fraction of sp³-hybridized carbons (Fsp3) is 0.667. The van der Waals surface area contributed by atoms with Crippen molar-refractivity contribution in [3.05, 3.63) is 35.4 Å². The highest BCUT2D eigenvalue weighted by molar-refractivity contribution is 5.78. The lowest BCUT2D eigenvalue weighted by Crippen LogP contribution is -2.45. The van der Waals surface area contributed by atoms with Crippen LogP contribution in [0.1, 0.15) is 50.2 Å². The summed E-state index contributed by atoms with van der Waals surface area (Å²) in [5.74, 6) is 0.493. The quantitative estimate of drug-likeness (QED) is 0.862. The number of carbonyl (C=O) groups is 1. The molecule has 2 aliphatic rings. The zero-order valence-corrected chi connectivity index (χ0v) is 15.7. The highest BCUT2D eigenvalue weighted by Crippen LogP contribution is 2.23.